The average molecular weight is 359 g/mol. The first-order valence-corrected chi connectivity index (χ1v) is 8.85. The van der Waals surface area contributed by atoms with E-state index in [1.165, 1.54) is 0 Å². The minimum absolute atomic E-state index is 0.693. The molecule has 142 valence electrons. The Morgan fingerprint density at radius 1 is 1.31 bits per heavy atom. The highest BCUT2D eigenvalue weighted by atomic mass is 16.5. The monoisotopic (exact) mass is 359 g/mol. The molecule has 0 unspecified atom stereocenters. The Bertz CT molecular complexity index is 685. The maximum Gasteiger partial charge on any atom is 0.193 e. The van der Waals surface area contributed by atoms with Gasteiger partial charge in [-0.05, 0) is 31.5 Å². The summed E-state index contributed by atoms with van der Waals surface area (Å²) < 4.78 is 12.7. The Balaban J connectivity index is 1.98. The van der Waals surface area contributed by atoms with Crippen molar-refractivity contribution in [2.24, 2.45) is 4.99 Å². The number of rotatable bonds is 9. The van der Waals surface area contributed by atoms with Crippen LogP contribution in [0.25, 0.3) is 0 Å². The molecule has 2 rings (SSSR count). The van der Waals surface area contributed by atoms with Gasteiger partial charge >= 0.3 is 0 Å². The topological polar surface area (TPSA) is 63.9 Å². The van der Waals surface area contributed by atoms with Gasteiger partial charge in [-0.25, -0.2) is 0 Å². The molecule has 1 aromatic heterocycles. The van der Waals surface area contributed by atoms with Crippen molar-refractivity contribution >= 4 is 5.96 Å². The molecule has 0 spiro atoms. The number of hydrogen-bond acceptors (Lipinski definition) is 4. The van der Waals surface area contributed by atoms with Crippen LogP contribution in [0.1, 0.15) is 18.9 Å². The van der Waals surface area contributed by atoms with Gasteiger partial charge in [0.05, 0.1) is 14.2 Å². The highest BCUT2D eigenvalue weighted by Gasteiger charge is 2.11. The summed E-state index contributed by atoms with van der Waals surface area (Å²) in [5.74, 6) is 2.48. The standard InChI is InChI=1S/C19H29N5O2/c1-5-20-19(21-10-6-12-24-13-7-11-22-24)23(2)15-16-8-9-17(25-3)14-18(16)26-4/h7-9,11,13-14H,5-6,10,12,15H2,1-4H3,(H,20,21). The first-order chi connectivity index (χ1) is 12.7. The zero-order valence-electron chi connectivity index (χ0n) is 16.1. The normalized spacial score (nSPS) is 11.3. The summed E-state index contributed by atoms with van der Waals surface area (Å²) in [6.45, 7) is 5.19. The maximum atomic E-state index is 5.49. The van der Waals surface area contributed by atoms with Gasteiger partial charge < -0.3 is 19.7 Å². The number of aryl methyl sites for hydroxylation is 1. The molecule has 0 aliphatic carbocycles. The van der Waals surface area contributed by atoms with Crippen LogP contribution in [0.3, 0.4) is 0 Å². The van der Waals surface area contributed by atoms with Crippen LogP contribution >= 0.6 is 0 Å². The molecule has 0 radical (unpaired) electrons. The lowest BCUT2D eigenvalue weighted by Gasteiger charge is -2.23. The van der Waals surface area contributed by atoms with Gasteiger partial charge in [0.15, 0.2) is 5.96 Å². The number of ether oxygens (including phenoxy) is 2. The highest BCUT2D eigenvalue weighted by molar-refractivity contribution is 5.79. The van der Waals surface area contributed by atoms with Crippen LogP contribution in [0.15, 0.2) is 41.7 Å². The number of benzene rings is 1. The molecule has 1 N–H and O–H groups in total. The van der Waals surface area contributed by atoms with E-state index in [0.29, 0.717) is 6.54 Å². The van der Waals surface area contributed by atoms with Crippen molar-refractivity contribution in [2.45, 2.75) is 26.4 Å². The number of aliphatic imine (C=N–C) groups is 1. The Morgan fingerprint density at radius 3 is 2.81 bits per heavy atom. The lowest BCUT2D eigenvalue weighted by molar-refractivity contribution is 0.382. The fourth-order valence-corrected chi connectivity index (χ4v) is 2.63. The fraction of sp³-hybridized carbons (Fsp3) is 0.474. The van der Waals surface area contributed by atoms with E-state index in [2.05, 4.69) is 22.2 Å². The largest absolute Gasteiger partial charge is 0.497 e. The summed E-state index contributed by atoms with van der Waals surface area (Å²) in [4.78, 5) is 6.82. The van der Waals surface area contributed by atoms with Crippen molar-refractivity contribution in [2.75, 3.05) is 34.4 Å². The Labute approximate surface area is 155 Å². The van der Waals surface area contributed by atoms with Crippen LogP contribution in [0, 0.1) is 0 Å². The molecule has 0 saturated carbocycles. The molecule has 0 saturated heterocycles. The number of methoxy groups -OCH3 is 2. The van der Waals surface area contributed by atoms with Crippen LogP contribution in [0.5, 0.6) is 11.5 Å². The van der Waals surface area contributed by atoms with E-state index >= 15 is 0 Å². The SMILES string of the molecule is CCNC(=NCCCn1cccn1)N(C)Cc1ccc(OC)cc1OC. The Kier molecular flexibility index (Phi) is 7.79. The average Bonchev–Trinajstić information content (AvgIpc) is 3.18. The van der Waals surface area contributed by atoms with Crippen molar-refractivity contribution in [1.82, 2.24) is 20.0 Å². The van der Waals surface area contributed by atoms with Gasteiger partial charge in [0.25, 0.3) is 0 Å². The summed E-state index contributed by atoms with van der Waals surface area (Å²) in [7, 11) is 5.35. The van der Waals surface area contributed by atoms with E-state index in [4.69, 9.17) is 14.5 Å². The molecule has 7 nitrogen and oxygen atoms in total. The fourth-order valence-electron chi connectivity index (χ4n) is 2.63. The lowest BCUT2D eigenvalue weighted by atomic mass is 10.2. The molecule has 0 atom stereocenters. The second kappa shape index (κ2) is 10.3. The molecule has 1 aromatic carbocycles. The summed E-state index contributed by atoms with van der Waals surface area (Å²) in [5, 5.41) is 7.56. The summed E-state index contributed by atoms with van der Waals surface area (Å²) in [5.41, 5.74) is 1.08. The molecule has 0 aliphatic rings. The molecular weight excluding hydrogens is 330 g/mol. The maximum absolute atomic E-state index is 5.49. The third-order valence-corrected chi connectivity index (χ3v) is 3.96. The molecular formula is C19H29N5O2. The summed E-state index contributed by atoms with van der Waals surface area (Å²) >= 11 is 0. The van der Waals surface area contributed by atoms with Crippen molar-refractivity contribution in [3.63, 3.8) is 0 Å². The van der Waals surface area contributed by atoms with E-state index in [1.54, 1.807) is 20.4 Å². The zero-order valence-corrected chi connectivity index (χ0v) is 16.1. The first-order valence-electron chi connectivity index (χ1n) is 8.85. The van der Waals surface area contributed by atoms with Gasteiger partial charge in [-0.2, -0.15) is 5.10 Å². The van der Waals surface area contributed by atoms with Crippen molar-refractivity contribution < 1.29 is 9.47 Å². The predicted molar refractivity (Wildman–Crippen MR) is 104 cm³/mol. The van der Waals surface area contributed by atoms with Crippen LogP contribution in [-0.2, 0) is 13.1 Å². The van der Waals surface area contributed by atoms with Crippen LogP contribution in [-0.4, -0.2) is 55.0 Å². The van der Waals surface area contributed by atoms with Gasteiger partial charge in [0.1, 0.15) is 11.5 Å². The van der Waals surface area contributed by atoms with E-state index in [0.717, 1.165) is 49.1 Å². The molecule has 0 aliphatic heterocycles. The number of nitrogens with one attached hydrogen (secondary N) is 1. The zero-order chi connectivity index (χ0) is 18.8. The second-order valence-electron chi connectivity index (χ2n) is 5.89. The van der Waals surface area contributed by atoms with Crippen molar-refractivity contribution in [1.29, 1.82) is 0 Å². The van der Waals surface area contributed by atoms with Crippen molar-refractivity contribution in [3.05, 3.63) is 42.2 Å². The second-order valence-corrected chi connectivity index (χ2v) is 5.89. The molecule has 0 bridgehead atoms. The molecule has 0 amide bonds. The third-order valence-electron chi connectivity index (χ3n) is 3.96. The highest BCUT2D eigenvalue weighted by Crippen LogP contribution is 2.25. The Morgan fingerprint density at radius 2 is 2.15 bits per heavy atom. The quantitative estimate of drug-likeness (QED) is 0.423. The molecule has 7 heteroatoms. The molecule has 26 heavy (non-hydrogen) atoms. The first kappa shape index (κ1) is 19.6. The van der Waals surface area contributed by atoms with Crippen LogP contribution in [0.4, 0.5) is 0 Å². The van der Waals surface area contributed by atoms with E-state index in [9.17, 15) is 0 Å². The predicted octanol–water partition coefficient (Wildman–Crippen LogP) is 2.39. The van der Waals surface area contributed by atoms with Gasteiger partial charge in [-0.1, -0.05) is 0 Å². The summed E-state index contributed by atoms with van der Waals surface area (Å²) in [6.07, 6.45) is 4.70. The van der Waals surface area contributed by atoms with Crippen LogP contribution in [0.2, 0.25) is 0 Å². The smallest absolute Gasteiger partial charge is 0.193 e. The molecule has 0 fully saturated rings. The number of guanidine groups is 1. The third kappa shape index (κ3) is 5.68. The Hall–Kier alpha value is -2.70. The summed E-state index contributed by atoms with van der Waals surface area (Å²) in [6, 6.07) is 7.80. The van der Waals surface area contributed by atoms with E-state index in [-0.39, 0.29) is 0 Å². The van der Waals surface area contributed by atoms with Gasteiger partial charge in [0.2, 0.25) is 0 Å². The van der Waals surface area contributed by atoms with Gasteiger partial charge in [-0.3, -0.25) is 9.67 Å². The van der Waals surface area contributed by atoms with Crippen LogP contribution < -0.4 is 14.8 Å². The van der Waals surface area contributed by atoms with E-state index < -0.39 is 0 Å². The minimum Gasteiger partial charge on any atom is -0.497 e. The number of nitrogens with zero attached hydrogens (tertiary/aromatic N) is 4. The number of hydrogen-bond donors (Lipinski definition) is 1. The molecule has 2 aromatic rings. The molecule has 1 heterocycles. The van der Waals surface area contributed by atoms with E-state index in [1.807, 2.05) is 42.2 Å². The van der Waals surface area contributed by atoms with Gasteiger partial charge in [0, 0.05) is 57.3 Å². The number of aromatic nitrogens is 2. The van der Waals surface area contributed by atoms with Gasteiger partial charge in [-0.15, -0.1) is 0 Å². The minimum atomic E-state index is 0.693. The van der Waals surface area contributed by atoms with Crippen molar-refractivity contribution in [3.8, 4) is 11.5 Å². The lowest BCUT2D eigenvalue weighted by Crippen LogP contribution is -2.38.